The molecule has 0 aliphatic heterocycles. The van der Waals surface area contributed by atoms with Crippen LogP contribution in [0.2, 0.25) is 10.0 Å². The molecule has 1 amide bonds. The van der Waals surface area contributed by atoms with Crippen LogP contribution < -0.4 is 11.1 Å². The second-order valence-electron chi connectivity index (χ2n) is 5.21. The first-order valence-corrected chi connectivity index (χ1v) is 8.93. The van der Waals surface area contributed by atoms with Crippen LogP contribution in [0.4, 0.5) is 11.4 Å². The Kier molecular flexibility index (Phi) is 7.49. The highest BCUT2D eigenvalue weighted by molar-refractivity contribution is 7.84. The summed E-state index contributed by atoms with van der Waals surface area (Å²) in [7, 11) is -0.873. The molecule has 0 saturated heterocycles. The first-order valence-electron chi connectivity index (χ1n) is 6.69. The molecule has 0 heterocycles. The molecule has 0 fully saturated rings. The average molecular weight is 351 g/mol. The highest BCUT2D eigenvalue weighted by Gasteiger charge is 2.11. The molecule has 3 N–H and O–H groups in total. The van der Waals surface area contributed by atoms with E-state index in [0.29, 0.717) is 45.3 Å². The molecule has 21 heavy (non-hydrogen) atoms. The molecule has 0 aliphatic rings. The zero-order chi connectivity index (χ0) is 16.0. The molecule has 0 spiro atoms. The Hall–Kier alpha value is -0.780. The van der Waals surface area contributed by atoms with Crippen LogP contribution in [0.3, 0.4) is 0 Å². The second-order valence-corrected chi connectivity index (χ2v) is 7.67. The largest absolute Gasteiger partial charge is 0.397 e. The number of anilines is 2. The minimum absolute atomic E-state index is 0.201. The summed E-state index contributed by atoms with van der Waals surface area (Å²) in [6.07, 6.45) is 0.846. The van der Waals surface area contributed by atoms with Crippen molar-refractivity contribution >= 4 is 51.3 Å². The summed E-state index contributed by atoms with van der Waals surface area (Å²) in [6, 6.07) is 3.05. The van der Waals surface area contributed by atoms with Gasteiger partial charge in [-0.1, -0.05) is 37.0 Å². The van der Waals surface area contributed by atoms with E-state index in [1.54, 1.807) is 0 Å². The number of carbonyl (C=O) groups is 1. The summed E-state index contributed by atoms with van der Waals surface area (Å²) >= 11 is 11.8. The number of hydrogen-bond acceptors (Lipinski definition) is 3. The van der Waals surface area contributed by atoms with Crippen LogP contribution in [-0.2, 0) is 15.6 Å². The zero-order valence-electron chi connectivity index (χ0n) is 12.1. The van der Waals surface area contributed by atoms with Crippen molar-refractivity contribution in [2.24, 2.45) is 5.92 Å². The lowest BCUT2D eigenvalue weighted by molar-refractivity contribution is -0.116. The van der Waals surface area contributed by atoms with Crippen molar-refractivity contribution < 1.29 is 9.00 Å². The van der Waals surface area contributed by atoms with Crippen LogP contribution >= 0.6 is 23.2 Å². The number of amides is 1. The predicted octanol–water partition coefficient (Wildman–Crippen LogP) is 3.70. The molecule has 1 unspecified atom stereocenters. The van der Waals surface area contributed by atoms with Crippen LogP contribution in [0.1, 0.15) is 26.7 Å². The lowest BCUT2D eigenvalue weighted by atomic mass is 10.2. The summed E-state index contributed by atoms with van der Waals surface area (Å²) in [5.74, 6) is 1.38. The SMILES string of the molecule is CC(C)CS(=O)CCCC(=O)Nc1c(N)cc(Cl)cc1Cl. The highest BCUT2D eigenvalue weighted by Crippen LogP contribution is 2.32. The molecule has 1 aromatic rings. The number of rotatable bonds is 7. The Balaban J connectivity index is 2.46. The molecule has 0 bridgehead atoms. The number of carbonyl (C=O) groups excluding carboxylic acids is 1. The van der Waals surface area contributed by atoms with Gasteiger partial charge in [-0.05, 0) is 24.5 Å². The van der Waals surface area contributed by atoms with Crippen LogP contribution in [0.5, 0.6) is 0 Å². The minimum atomic E-state index is -0.873. The van der Waals surface area contributed by atoms with Crippen molar-refractivity contribution in [3.05, 3.63) is 22.2 Å². The van der Waals surface area contributed by atoms with Gasteiger partial charge in [0, 0.05) is 33.7 Å². The predicted molar refractivity (Wildman–Crippen MR) is 91.5 cm³/mol. The number of nitrogens with one attached hydrogen (secondary N) is 1. The van der Waals surface area contributed by atoms with Gasteiger partial charge in [0.25, 0.3) is 0 Å². The number of nitrogens with two attached hydrogens (primary N) is 1. The molecule has 0 saturated carbocycles. The van der Waals surface area contributed by atoms with E-state index in [9.17, 15) is 9.00 Å². The normalized spacial score (nSPS) is 12.4. The smallest absolute Gasteiger partial charge is 0.224 e. The van der Waals surface area contributed by atoms with Gasteiger partial charge in [0.1, 0.15) is 0 Å². The molecule has 0 aromatic heterocycles. The maximum absolute atomic E-state index is 11.8. The summed E-state index contributed by atoms with van der Waals surface area (Å²) in [4.78, 5) is 11.8. The molecule has 1 aromatic carbocycles. The fourth-order valence-corrected chi connectivity index (χ4v) is 3.71. The lowest BCUT2D eigenvalue weighted by Crippen LogP contribution is -2.15. The summed E-state index contributed by atoms with van der Waals surface area (Å²) in [5.41, 5.74) is 6.46. The maximum atomic E-state index is 11.8. The van der Waals surface area contributed by atoms with Gasteiger partial charge in [0.15, 0.2) is 0 Å². The Morgan fingerprint density at radius 2 is 2.05 bits per heavy atom. The van der Waals surface area contributed by atoms with Gasteiger partial charge in [-0.25, -0.2) is 0 Å². The van der Waals surface area contributed by atoms with Crippen LogP contribution in [0.25, 0.3) is 0 Å². The van der Waals surface area contributed by atoms with E-state index in [1.807, 2.05) is 13.8 Å². The number of hydrogen-bond donors (Lipinski definition) is 2. The van der Waals surface area contributed by atoms with E-state index in [2.05, 4.69) is 5.32 Å². The fraction of sp³-hybridized carbons (Fsp3) is 0.500. The van der Waals surface area contributed by atoms with E-state index in [-0.39, 0.29) is 12.3 Å². The Morgan fingerprint density at radius 3 is 2.62 bits per heavy atom. The van der Waals surface area contributed by atoms with Gasteiger partial charge in [-0.3, -0.25) is 9.00 Å². The molecule has 1 atom stereocenters. The molecule has 1 rings (SSSR count). The number of nitrogen functional groups attached to an aromatic ring is 1. The molecular weight excluding hydrogens is 331 g/mol. The van der Waals surface area contributed by atoms with Crippen molar-refractivity contribution in [3.8, 4) is 0 Å². The third kappa shape index (κ3) is 6.68. The standard InChI is InChI=1S/C14H20Cl2N2O2S/c1-9(2)8-21(20)5-3-4-13(19)18-14-11(16)6-10(15)7-12(14)17/h6-7,9H,3-5,8,17H2,1-2H3,(H,18,19). The van der Waals surface area contributed by atoms with Crippen molar-refractivity contribution in [2.75, 3.05) is 22.6 Å². The molecule has 0 radical (unpaired) electrons. The molecule has 4 nitrogen and oxygen atoms in total. The molecular formula is C14H20Cl2N2O2S. The van der Waals surface area contributed by atoms with Crippen molar-refractivity contribution in [3.63, 3.8) is 0 Å². The first kappa shape index (κ1) is 18.3. The van der Waals surface area contributed by atoms with Crippen molar-refractivity contribution in [1.82, 2.24) is 0 Å². The summed E-state index contributed by atoms with van der Waals surface area (Å²) in [6.45, 7) is 4.05. The average Bonchev–Trinajstić information content (AvgIpc) is 2.32. The third-order valence-electron chi connectivity index (χ3n) is 2.64. The number of halogens is 2. The second kappa shape index (κ2) is 8.61. The van der Waals surface area contributed by atoms with Crippen molar-refractivity contribution in [2.45, 2.75) is 26.7 Å². The maximum Gasteiger partial charge on any atom is 0.224 e. The quantitative estimate of drug-likeness (QED) is 0.736. The van der Waals surface area contributed by atoms with E-state index >= 15 is 0 Å². The number of benzene rings is 1. The zero-order valence-corrected chi connectivity index (χ0v) is 14.4. The van der Waals surface area contributed by atoms with Gasteiger partial charge >= 0.3 is 0 Å². The lowest BCUT2D eigenvalue weighted by Gasteiger charge is -2.11. The third-order valence-corrected chi connectivity index (χ3v) is 4.94. The van der Waals surface area contributed by atoms with Gasteiger partial charge in [0.2, 0.25) is 5.91 Å². The van der Waals surface area contributed by atoms with Crippen molar-refractivity contribution in [1.29, 1.82) is 0 Å². The topological polar surface area (TPSA) is 72.2 Å². The molecule has 118 valence electrons. The molecule has 7 heteroatoms. The minimum Gasteiger partial charge on any atom is -0.397 e. The van der Waals surface area contributed by atoms with Crippen LogP contribution in [-0.4, -0.2) is 21.6 Å². The van der Waals surface area contributed by atoms with E-state index < -0.39 is 10.8 Å². The van der Waals surface area contributed by atoms with Gasteiger partial charge in [0.05, 0.1) is 16.4 Å². The fourth-order valence-electron chi connectivity index (χ4n) is 1.78. The van der Waals surface area contributed by atoms with Gasteiger partial charge in [-0.2, -0.15) is 0 Å². The van der Waals surface area contributed by atoms with Crippen LogP contribution in [0.15, 0.2) is 12.1 Å². The van der Waals surface area contributed by atoms with Crippen LogP contribution in [0, 0.1) is 5.92 Å². The Labute approximate surface area is 137 Å². The first-order chi connectivity index (χ1) is 9.79. The summed E-state index contributed by atoms with van der Waals surface area (Å²) < 4.78 is 11.7. The summed E-state index contributed by atoms with van der Waals surface area (Å²) in [5, 5.41) is 3.39. The monoisotopic (exact) mass is 350 g/mol. The van der Waals surface area contributed by atoms with E-state index in [1.165, 1.54) is 12.1 Å². The van der Waals surface area contributed by atoms with E-state index in [4.69, 9.17) is 28.9 Å². The van der Waals surface area contributed by atoms with E-state index in [0.717, 1.165) is 0 Å². The van der Waals surface area contributed by atoms with Gasteiger partial charge < -0.3 is 11.1 Å². The Bertz CT molecular complexity index is 513. The van der Waals surface area contributed by atoms with Gasteiger partial charge in [-0.15, -0.1) is 0 Å². The highest BCUT2D eigenvalue weighted by atomic mass is 35.5. The Morgan fingerprint density at radius 1 is 1.38 bits per heavy atom. The molecule has 0 aliphatic carbocycles.